The molecule has 2 aromatic heterocycles. The Bertz CT molecular complexity index is 1010. The van der Waals surface area contributed by atoms with Crippen molar-refractivity contribution in [2.45, 2.75) is 19.4 Å². The molecule has 4 aromatic rings. The topological polar surface area (TPSA) is 54.0 Å². The van der Waals surface area contributed by atoms with Crippen LogP contribution in [0, 0.1) is 5.21 Å². The van der Waals surface area contributed by atoms with E-state index in [4.69, 9.17) is 4.74 Å². The minimum atomic E-state index is 0.629. The number of aromatic nitrogens is 3. The van der Waals surface area contributed by atoms with E-state index in [1.807, 2.05) is 54.7 Å². The Morgan fingerprint density at radius 1 is 1.04 bits per heavy atom. The molecule has 0 aliphatic carbocycles. The first-order chi connectivity index (χ1) is 13.3. The Labute approximate surface area is 158 Å². The smallest absolute Gasteiger partial charge is 0.226 e. The van der Waals surface area contributed by atoms with Crippen LogP contribution in [-0.2, 0) is 17.8 Å². The quantitative estimate of drug-likeness (QED) is 0.286. The standard InChI is InChI=1S/C22H21N3O2/c26-25-14-11-19(8-4-15-27-17-18-6-2-1-3-7-18)21-10-9-20(16-22(21)25)24-13-5-12-23-24/h1-3,5-7,9-14,16H,4,8,15,17H2. The van der Waals surface area contributed by atoms with Crippen molar-refractivity contribution in [3.63, 3.8) is 0 Å². The van der Waals surface area contributed by atoms with Crippen molar-refractivity contribution in [2.75, 3.05) is 6.61 Å². The maximum absolute atomic E-state index is 12.2. The first-order valence-electron chi connectivity index (χ1n) is 9.08. The molecule has 0 amide bonds. The third-order valence-corrected chi connectivity index (χ3v) is 4.59. The summed E-state index contributed by atoms with van der Waals surface area (Å²) in [6, 6.07) is 19.8. The van der Waals surface area contributed by atoms with E-state index in [-0.39, 0.29) is 0 Å². The second-order valence-corrected chi connectivity index (χ2v) is 6.46. The number of hydrogen-bond acceptors (Lipinski definition) is 3. The molecule has 0 aliphatic heterocycles. The lowest BCUT2D eigenvalue weighted by Gasteiger charge is -2.09. The van der Waals surface area contributed by atoms with Gasteiger partial charge in [0.1, 0.15) is 0 Å². The number of rotatable bonds is 7. The van der Waals surface area contributed by atoms with Gasteiger partial charge in [0.15, 0.2) is 6.20 Å². The van der Waals surface area contributed by atoms with Gasteiger partial charge in [0.05, 0.1) is 17.7 Å². The normalized spacial score (nSPS) is 11.1. The molecule has 5 nitrogen and oxygen atoms in total. The Balaban J connectivity index is 1.43. The summed E-state index contributed by atoms with van der Waals surface area (Å²) in [5.41, 5.74) is 3.87. The molecule has 2 aromatic carbocycles. The molecule has 0 N–H and O–H groups in total. The maximum atomic E-state index is 12.2. The summed E-state index contributed by atoms with van der Waals surface area (Å²) in [6.45, 7) is 1.32. The van der Waals surface area contributed by atoms with Gasteiger partial charge in [-0.15, -0.1) is 0 Å². The number of ether oxygens (including phenoxy) is 1. The van der Waals surface area contributed by atoms with Crippen molar-refractivity contribution in [1.82, 2.24) is 9.78 Å². The number of pyridine rings is 1. The lowest BCUT2D eigenvalue weighted by atomic mass is 10.0. The summed E-state index contributed by atoms with van der Waals surface area (Å²) in [5.74, 6) is 0. The molecule has 5 heteroatoms. The second kappa shape index (κ2) is 8.01. The van der Waals surface area contributed by atoms with Gasteiger partial charge in [0.25, 0.3) is 0 Å². The van der Waals surface area contributed by atoms with Crippen molar-refractivity contribution in [3.05, 3.63) is 95.6 Å². The molecule has 0 bridgehead atoms. The van der Waals surface area contributed by atoms with E-state index >= 15 is 0 Å². The monoisotopic (exact) mass is 359 g/mol. The van der Waals surface area contributed by atoms with E-state index in [1.54, 1.807) is 17.1 Å². The minimum absolute atomic E-state index is 0.629. The van der Waals surface area contributed by atoms with Gasteiger partial charge in [-0.3, -0.25) is 0 Å². The molecule has 0 atom stereocenters. The van der Waals surface area contributed by atoms with Crippen LogP contribution in [0.5, 0.6) is 0 Å². The number of benzene rings is 2. The van der Waals surface area contributed by atoms with Gasteiger partial charge >= 0.3 is 0 Å². The fourth-order valence-corrected chi connectivity index (χ4v) is 3.21. The Kier molecular flexibility index (Phi) is 5.12. The molecule has 0 aliphatic rings. The van der Waals surface area contributed by atoms with Crippen LogP contribution >= 0.6 is 0 Å². The van der Waals surface area contributed by atoms with E-state index in [9.17, 15) is 5.21 Å². The molecule has 0 radical (unpaired) electrons. The average molecular weight is 359 g/mol. The van der Waals surface area contributed by atoms with Crippen LogP contribution in [0.4, 0.5) is 0 Å². The lowest BCUT2D eigenvalue weighted by molar-refractivity contribution is -0.577. The predicted molar refractivity (Wildman–Crippen MR) is 104 cm³/mol. The fourth-order valence-electron chi connectivity index (χ4n) is 3.21. The predicted octanol–water partition coefficient (Wildman–Crippen LogP) is 3.81. The number of fused-ring (bicyclic) bond motifs is 1. The van der Waals surface area contributed by atoms with Gasteiger partial charge in [0, 0.05) is 31.1 Å². The summed E-state index contributed by atoms with van der Waals surface area (Å²) in [6.07, 6.45) is 6.94. The van der Waals surface area contributed by atoms with Gasteiger partial charge in [0.2, 0.25) is 5.52 Å². The first-order valence-corrected chi connectivity index (χ1v) is 9.08. The van der Waals surface area contributed by atoms with Crippen LogP contribution in [0.2, 0.25) is 0 Å². The Hall–Kier alpha value is -3.18. The van der Waals surface area contributed by atoms with Gasteiger partial charge in [-0.1, -0.05) is 30.3 Å². The summed E-state index contributed by atoms with van der Waals surface area (Å²) in [4.78, 5) is 0. The van der Waals surface area contributed by atoms with Crippen LogP contribution in [0.25, 0.3) is 16.6 Å². The average Bonchev–Trinajstić information content (AvgIpc) is 3.25. The van der Waals surface area contributed by atoms with E-state index in [2.05, 4.69) is 17.2 Å². The van der Waals surface area contributed by atoms with E-state index in [0.717, 1.165) is 34.2 Å². The van der Waals surface area contributed by atoms with Crippen molar-refractivity contribution < 1.29 is 9.47 Å². The molecule has 2 heterocycles. The van der Waals surface area contributed by atoms with Crippen LogP contribution in [0.15, 0.2) is 79.3 Å². The third kappa shape index (κ3) is 3.99. The number of nitrogens with zero attached hydrogens (tertiary/aromatic N) is 3. The summed E-state index contributed by atoms with van der Waals surface area (Å²) < 4.78 is 8.43. The second-order valence-electron chi connectivity index (χ2n) is 6.46. The highest BCUT2D eigenvalue weighted by Gasteiger charge is 2.11. The Morgan fingerprint density at radius 2 is 1.93 bits per heavy atom. The molecular weight excluding hydrogens is 338 g/mol. The van der Waals surface area contributed by atoms with Gasteiger partial charge in [-0.05, 0) is 42.2 Å². The number of hydrogen-bond donors (Lipinski definition) is 0. The van der Waals surface area contributed by atoms with Crippen LogP contribution in [0.1, 0.15) is 17.5 Å². The maximum Gasteiger partial charge on any atom is 0.226 e. The highest BCUT2D eigenvalue weighted by molar-refractivity contribution is 5.81. The van der Waals surface area contributed by atoms with E-state index in [0.29, 0.717) is 18.7 Å². The van der Waals surface area contributed by atoms with Crippen molar-refractivity contribution in [1.29, 1.82) is 0 Å². The van der Waals surface area contributed by atoms with E-state index < -0.39 is 0 Å². The molecular formula is C22H21N3O2. The fraction of sp³-hybridized carbons (Fsp3) is 0.182. The van der Waals surface area contributed by atoms with Crippen molar-refractivity contribution in [2.24, 2.45) is 0 Å². The summed E-state index contributed by atoms with van der Waals surface area (Å²) in [5, 5.41) is 17.5. The summed E-state index contributed by atoms with van der Waals surface area (Å²) in [7, 11) is 0. The Morgan fingerprint density at radius 3 is 2.74 bits per heavy atom. The molecule has 0 unspecified atom stereocenters. The van der Waals surface area contributed by atoms with Crippen LogP contribution < -0.4 is 4.73 Å². The first kappa shape index (κ1) is 17.2. The minimum Gasteiger partial charge on any atom is -0.618 e. The molecule has 0 fully saturated rings. The molecule has 27 heavy (non-hydrogen) atoms. The van der Waals surface area contributed by atoms with Crippen LogP contribution in [-0.4, -0.2) is 16.4 Å². The molecule has 4 rings (SSSR count). The lowest BCUT2D eigenvalue weighted by Crippen LogP contribution is -2.26. The van der Waals surface area contributed by atoms with Crippen molar-refractivity contribution in [3.8, 4) is 5.69 Å². The SMILES string of the molecule is [O-][n+]1ccc(CCCOCc2ccccc2)c2ccc(-n3cccn3)cc21. The largest absolute Gasteiger partial charge is 0.618 e. The number of aryl methyl sites for hydroxylation is 1. The van der Waals surface area contributed by atoms with Crippen LogP contribution in [0.3, 0.4) is 0 Å². The van der Waals surface area contributed by atoms with Crippen molar-refractivity contribution >= 4 is 10.9 Å². The van der Waals surface area contributed by atoms with Gasteiger partial charge < -0.3 is 9.94 Å². The zero-order valence-corrected chi connectivity index (χ0v) is 15.0. The van der Waals surface area contributed by atoms with Gasteiger partial charge in [-0.2, -0.15) is 9.83 Å². The zero-order valence-electron chi connectivity index (χ0n) is 15.0. The molecule has 0 saturated heterocycles. The molecule has 0 saturated carbocycles. The van der Waals surface area contributed by atoms with E-state index in [1.165, 1.54) is 5.56 Å². The molecule has 136 valence electrons. The van der Waals surface area contributed by atoms with Gasteiger partial charge in [-0.25, -0.2) is 4.68 Å². The highest BCUT2D eigenvalue weighted by Crippen LogP contribution is 2.20. The third-order valence-electron chi connectivity index (χ3n) is 4.59. The highest BCUT2D eigenvalue weighted by atomic mass is 16.5. The summed E-state index contributed by atoms with van der Waals surface area (Å²) >= 11 is 0. The molecule has 0 spiro atoms. The zero-order chi connectivity index (χ0) is 18.5.